The number of likely N-dealkylation sites (N-methyl/N-ethyl adjacent to an activating group) is 2. The number of fused-ring (bicyclic) bond motifs is 1. The molecule has 4 aromatic rings. The maximum atomic E-state index is 13.9. The molecule has 13 heteroatoms. The number of aromatic nitrogens is 4. The monoisotopic (exact) mass is 540 g/mol. The van der Waals surface area contributed by atoms with Crippen molar-refractivity contribution in [3.05, 3.63) is 73.3 Å². The number of amides is 1. The number of carbonyl (C=O) groups is 1. The van der Waals surface area contributed by atoms with Gasteiger partial charge in [-0.15, -0.1) is 0 Å². The first-order valence-corrected chi connectivity index (χ1v) is 12.9. The number of nitrogens with zero attached hydrogens (tertiary/aromatic N) is 6. The van der Waals surface area contributed by atoms with Crippen molar-refractivity contribution in [2.75, 3.05) is 32.6 Å². The Labute approximate surface area is 218 Å². The number of rotatable bonds is 9. The zero-order chi connectivity index (χ0) is 27.4. The number of hydrogen-bond donors (Lipinski definition) is 2. The minimum absolute atomic E-state index is 0.205. The summed E-state index contributed by atoms with van der Waals surface area (Å²) < 4.78 is 31.3. The zero-order valence-corrected chi connectivity index (χ0v) is 21.8. The van der Waals surface area contributed by atoms with E-state index in [-0.39, 0.29) is 5.91 Å². The van der Waals surface area contributed by atoms with Crippen LogP contribution >= 0.6 is 7.82 Å². The minimum Gasteiger partial charge on any atom is -0.310 e. The third-order valence-electron chi connectivity index (χ3n) is 5.62. The van der Waals surface area contributed by atoms with Crippen LogP contribution in [0.4, 0.5) is 10.1 Å². The Morgan fingerprint density at radius 3 is 2.58 bits per heavy atom. The highest BCUT2D eigenvalue weighted by Gasteiger charge is 2.19. The van der Waals surface area contributed by atoms with Gasteiger partial charge in [0.1, 0.15) is 12.4 Å². The molecule has 0 aliphatic rings. The average molecular weight is 540 g/mol. The smallest absolute Gasteiger partial charge is 0.310 e. The standard InChI is InChI=1S/C25H26FN6O5P/c1-30(2)8-4-5-24(33)31(3)20-9-18(12-27-14-20)19-10-21-22(17-6-7-28-23(26)11-17)15-32(25(21)29-13-19)16-37-38(34,35)36/h4-7,9-15H,8,16H2,1-3H3,(H2,34,35,36)/b5-4+. The molecule has 4 heterocycles. The first-order chi connectivity index (χ1) is 18.0. The van der Waals surface area contributed by atoms with Crippen LogP contribution in [0, 0.1) is 5.95 Å². The summed E-state index contributed by atoms with van der Waals surface area (Å²) in [5.41, 5.74) is 3.36. The number of anilines is 1. The molecular formula is C25H26FN6O5P. The van der Waals surface area contributed by atoms with E-state index in [9.17, 15) is 13.8 Å². The molecule has 1 amide bonds. The predicted octanol–water partition coefficient (Wildman–Crippen LogP) is 3.45. The minimum atomic E-state index is -4.74. The number of pyridine rings is 3. The fourth-order valence-electron chi connectivity index (χ4n) is 3.74. The highest BCUT2D eigenvalue weighted by molar-refractivity contribution is 7.46. The molecule has 38 heavy (non-hydrogen) atoms. The Bertz CT molecular complexity index is 1550. The second-order valence-electron chi connectivity index (χ2n) is 8.72. The second kappa shape index (κ2) is 11.3. The molecule has 11 nitrogen and oxygen atoms in total. The van der Waals surface area contributed by atoms with Crippen molar-refractivity contribution in [1.82, 2.24) is 24.4 Å². The van der Waals surface area contributed by atoms with Gasteiger partial charge in [0.2, 0.25) is 11.9 Å². The molecule has 4 rings (SSSR count). The molecule has 0 aliphatic carbocycles. The molecule has 0 atom stereocenters. The van der Waals surface area contributed by atoms with Gasteiger partial charge in [-0.05, 0) is 37.9 Å². The molecule has 0 saturated carbocycles. The van der Waals surface area contributed by atoms with Crippen LogP contribution in [0.25, 0.3) is 33.3 Å². The molecule has 0 bridgehead atoms. The summed E-state index contributed by atoms with van der Waals surface area (Å²) in [5, 5.41) is 0.587. The fourth-order valence-corrected chi connectivity index (χ4v) is 4.01. The van der Waals surface area contributed by atoms with Crippen molar-refractivity contribution in [3.63, 3.8) is 0 Å². The Morgan fingerprint density at radius 2 is 1.87 bits per heavy atom. The van der Waals surface area contributed by atoms with Gasteiger partial charge in [0.05, 0.1) is 11.9 Å². The molecule has 0 saturated heterocycles. The van der Waals surface area contributed by atoms with Crippen molar-refractivity contribution in [2.24, 2.45) is 0 Å². The molecule has 0 fully saturated rings. The summed E-state index contributed by atoms with van der Waals surface area (Å²) in [6.45, 7) is 0.165. The highest BCUT2D eigenvalue weighted by Crippen LogP contribution is 2.38. The van der Waals surface area contributed by atoms with Gasteiger partial charge in [0.15, 0.2) is 0 Å². The number of hydrogen-bond acceptors (Lipinski definition) is 7. The lowest BCUT2D eigenvalue weighted by Gasteiger charge is -2.16. The van der Waals surface area contributed by atoms with Crippen LogP contribution in [-0.4, -0.2) is 67.8 Å². The van der Waals surface area contributed by atoms with Crippen LogP contribution in [0.5, 0.6) is 0 Å². The molecule has 0 aromatic carbocycles. The van der Waals surface area contributed by atoms with E-state index in [4.69, 9.17) is 9.79 Å². The molecule has 0 spiro atoms. The van der Waals surface area contributed by atoms with Gasteiger partial charge >= 0.3 is 7.82 Å². The third kappa shape index (κ3) is 6.55. The van der Waals surface area contributed by atoms with Gasteiger partial charge in [-0.3, -0.25) is 14.3 Å². The lowest BCUT2D eigenvalue weighted by atomic mass is 10.0. The molecule has 0 aliphatic heterocycles. The average Bonchev–Trinajstić information content (AvgIpc) is 3.24. The predicted molar refractivity (Wildman–Crippen MR) is 140 cm³/mol. The number of phosphoric acid groups is 1. The van der Waals surface area contributed by atoms with Gasteiger partial charge in [0.25, 0.3) is 0 Å². The Balaban J connectivity index is 1.73. The normalized spacial score (nSPS) is 12.1. The fraction of sp³-hybridized carbons (Fsp3) is 0.200. The Morgan fingerprint density at radius 1 is 1.11 bits per heavy atom. The maximum Gasteiger partial charge on any atom is 0.471 e. The number of halogens is 1. The van der Waals surface area contributed by atoms with E-state index in [1.54, 1.807) is 50.0 Å². The summed E-state index contributed by atoms with van der Waals surface area (Å²) in [4.78, 5) is 46.7. The summed E-state index contributed by atoms with van der Waals surface area (Å²) in [7, 11) is 0.734. The van der Waals surface area contributed by atoms with E-state index in [1.807, 2.05) is 25.1 Å². The first kappa shape index (κ1) is 27.2. The Kier molecular flexibility index (Phi) is 8.10. The molecule has 4 aromatic heterocycles. The number of phosphoric ester groups is 1. The van der Waals surface area contributed by atoms with Gasteiger partial charge < -0.3 is 24.2 Å². The van der Waals surface area contributed by atoms with Gasteiger partial charge in [-0.1, -0.05) is 6.08 Å². The van der Waals surface area contributed by atoms with Crippen LogP contribution in [0.3, 0.4) is 0 Å². The van der Waals surface area contributed by atoms with E-state index >= 15 is 0 Å². The van der Waals surface area contributed by atoms with Crippen LogP contribution in [0.15, 0.2) is 67.4 Å². The topological polar surface area (TPSA) is 134 Å². The van der Waals surface area contributed by atoms with Crippen LogP contribution in [0.1, 0.15) is 0 Å². The van der Waals surface area contributed by atoms with Gasteiger partial charge in [0, 0.05) is 72.6 Å². The molecule has 0 radical (unpaired) electrons. The third-order valence-corrected chi connectivity index (χ3v) is 6.07. The van der Waals surface area contributed by atoms with Crippen molar-refractivity contribution in [3.8, 4) is 22.3 Å². The van der Waals surface area contributed by atoms with E-state index in [1.165, 1.54) is 27.8 Å². The summed E-state index contributed by atoms with van der Waals surface area (Å²) in [6.07, 6.45) is 11.0. The lowest BCUT2D eigenvalue weighted by Crippen LogP contribution is -2.24. The van der Waals surface area contributed by atoms with Crippen molar-refractivity contribution >= 4 is 30.5 Å². The van der Waals surface area contributed by atoms with Gasteiger partial charge in [-0.25, -0.2) is 14.5 Å². The summed E-state index contributed by atoms with van der Waals surface area (Å²) >= 11 is 0. The molecule has 0 unspecified atom stereocenters. The maximum absolute atomic E-state index is 13.9. The largest absolute Gasteiger partial charge is 0.471 e. The lowest BCUT2D eigenvalue weighted by molar-refractivity contribution is -0.113. The van der Waals surface area contributed by atoms with E-state index < -0.39 is 20.5 Å². The molecule has 2 N–H and O–H groups in total. The van der Waals surface area contributed by atoms with Crippen molar-refractivity contribution < 1.29 is 28.1 Å². The highest BCUT2D eigenvalue weighted by atomic mass is 31.2. The zero-order valence-electron chi connectivity index (χ0n) is 20.9. The quantitative estimate of drug-likeness (QED) is 0.186. The van der Waals surface area contributed by atoms with E-state index in [2.05, 4.69) is 19.5 Å². The molecular weight excluding hydrogens is 514 g/mol. The molecule has 198 valence electrons. The van der Waals surface area contributed by atoms with Crippen LogP contribution < -0.4 is 4.90 Å². The van der Waals surface area contributed by atoms with Crippen molar-refractivity contribution in [1.29, 1.82) is 0 Å². The van der Waals surface area contributed by atoms with Crippen molar-refractivity contribution in [2.45, 2.75) is 6.73 Å². The summed E-state index contributed by atoms with van der Waals surface area (Å²) in [5.74, 6) is -0.883. The van der Waals surface area contributed by atoms with Gasteiger partial charge in [-0.2, -0.15) is 4.39 Å². The van der Waals surface area contributed by atoms with Crippen LogP contribution in [-0.2, 0) is 20.6 Å². The second-order valence-corrected chi connectivity index (χ2v) is 9.96. The Hall–Kier alpha value is -3.80. The SMILES string of the molecule is CN(C)C/C=C/C(=O)N(C)c1cncc(-c2cnc3c(c2)c(-c2ccnc(F)c2)cn3COP(=O)(O)O)c1. The summed E-state index contributed by atoms with van der Waals surface area (Å²) in [6, 6.07) is 6.48. The number of carbonyl (C=O) groups excluding carboxylic acids is 1. The first-order valence-electron chi connectivity index (χ1n) is 11.4. The van der Waals surface area contributed by atoms with E-state index in [0.29, 0.717) is 45.5 Å². The van der Waals surface area contributed by atoms with Crippen LogP contribution in [0.2, 0.25) is 0 Å². The van der Waals surface area contributed by atoms with E-state index in [0.717, 1.165) is 0 Å².